The Morgan fingerprint density at radius 3 is 2.95 bits per heavy atom. The van der Waals surface area contributed by atoms with Gasteiger partial charge in [-0.15, -0.1) is 11.3 Å². The van der Waals surface area contributed by atoms with Crippen LogP contribution in [0.2, 0.25) is 0 Å². The summed E-state index contributed by atoms with van der Waals surface area (Å²) in [5.74, 6) is 0. The molecule has 1 aliphatic carbocycles. The van der Waals surface area contributed by atoms with Crippen molar-refractivity contribution in [3.05, 3.63) is 18.2 Å². The quantitative estimate of drug-likeness (QED) is 0.805. The van der Waals surface area contributed by atoms with Crippen LogP contribution < -0.4 is 5.32 Å². The molecule has 1 aliphatic rings. The van der Waals surface area contributed by atoms with Gasteiger partial charge in [-0.25, -0.2) is 4.98 Å². The van der Waals surface area contributed by atoms with Crippen molar-refractivity contribution in [2.24, 2.45) is 5.41 Å². The lowest BCUT2D eigenvalue weighted by Gasteiger charge is -2.18. The minimum Gasteiger partial charge on any atom is -0.382 e. The van der Waals surface area contributed by atoms with E-state index in [1.807, 2.05) is 0 Å². The predicted octanol–water partition coefficient (Wildman–Crippen LogP) is 5.01. The summed E-state index contributed by atoms with van der Waals surface area (Å²) in [5.41, 5.74) is 2.86. The van der Waals surface area contributed by atoms with Crippen molar-refractivity contribution in [3.63, 3.8) is 0 Å². The molecule has 3 rings (SSSR count). The minimum atomic E-state index is 0.498. The molecule has 0 bridgehead atoms. The van der Waals surface area contributed by atoms with Gasteiger partial charge in [0.1, 0.15) is 0 Å². The summed E-state index contributed by atoms with van der Waals surface area (Å²) < 4.78 is 2.43. The molecule has 0 amide bonds. The van der Waals surface area contributed by atoms with E-state index in [-0.39, 0.29) is 0 Å². The standard InChI is InChI=1S/C15H20N2S2/c1-15(2)7-6-11(9-15)16-10-4-5-12-13(8-10)19-14(17-12)18-3/h4-5,8,11,16H,6-7,9H2,1-3H3. The Morgan fingerprint density at radius 1 is 1.42 bits per heavy atom. The highest BCUT2D eigenvalue weighted by atomic mass is 32.2. The van der Waals surface area contributed by atoms with Gasteiger partial charge in [0.15, 0.2) is 4.34 Å². The number of nitrogens with zero attached hydrogens (tertiary/aromatic N) is 1. The van der Waals surface area contributed by atoms with Gasteiger partial charge in [0.05, 0.1) is 10.2 Å². The summed E-state index contributed by atoms with van der Waals surface area (Å²) in [7, 11) is 0. The fourth-order valence-corrected chi connectivity index (χ4v) is 4.40. The number of hydrogen-bond donors (Lipinski definition) is 1. The first-order valence-corrected chi connectivity index (χ1v) is 8.81. The van der Waals surface area contributed by atoms with Crippen LogP contribution in [0.4, 0.5) is 5.69 Å². The maximum Gasteiger partial charge on any atom is 0.150 e. The van der Waals surface area contributed by atoms with E-state index < -0.39 is 0 Å². The molecule has 0 saturated heterocycles. The average molecular weight is 292 g/mol. The third kappa shape index (κ3) is 2.90. The molecule has 102 valence electrons. The van der Waals surface area contributed by atoms with Crippen LogP contribution in [0.1, 0.15) is 33.1 Å². The number of fused-ring (bicyclic) bond motifs is 1. The van der Waals surface area contributed by atoms with Crippen LogP contribution in [0.5, 0.6) is 0 Å². The van der Waals surface area contributed by atoms with Crippen molar-refractivity contribution in [2.75, 3.05) is 11.6 Å². The van der Waals surface area contributed by atoms with E-state index in [0.717, 1.165) is 9.86 Å². The van der Waals surface area contributed by atoms with Crippen molar-refractivity contribution >= 4 is 39.0 Å². The fraction of sp³-hybridized carbons (Fsp3) is 0.533. The summed E-state index contributed by atoms with van der Waals surface area (Å²) >= 11 is 3.50. The number of thioether (sulfide) groups is 1. The Labute approximate surface area is 123 Å². The molecule has 1 unspecified atom stereocenters. The molecule has 1 saturated carbocycles. The second-order valence-corrected chi connectivity index (χ2v) is 8.20. The molecule has 2 aromatic rings. The average Bonchev–Trinajstić information content (AvgIpc) is 2.91. The van der Waals surface area contributed by atoms with Crippen molar-refractivity contribution in [1.82, 2.24) is 4.98 Å². The minimum absolute atomic E-state index is 0.498. The molecule has 4 heteroatoms. The molecular formula is C15H20N2S2. The van der Waals surface area contributed by atoms with Crippen molar-refractivity contribution in [1.29, 1.82) is 0 Å². The number of rotatable bonds is 3. The maximum absolute atomic E-state index is 4.58. The Kier molecular flexibility index (Phi) is 3.48. The normalized spacial score (nSPS) is 21.9. The molecule has 1 aromatic heterocycles. The third-order valence-electron chi connectivity index (χ3n) is 3.88. The number of anilines is 1. The predicted molar refractivity (Wildman–Crippen MR) is 86.4 cm³/mol. The largest absolute Gasteiger partial charge is 0.382 e. The lowest BCUT2D eigenvalue weighted by atomic mass is 9.92. The number of hydrogen-bond acceptors (Lipinski definition) is 4. The van der Waals surface area contributed by atoms with E-state index in [4.69, 9.17) is 0 Å². The second-order valence-electron chi connectivity index (χ2n) is 6.11. The van der Waals surface area contributed by atoms with Gasteiger partial charge < -0.3 is 5.32 Å². The second kappa shape index (κ2) is 4.98. The highest BCUT2D eigenvalue weighted by Crippen LogP contribution is 2.38. The zero-order valence-corrected chi connectivity index (χ0v) is 13.3. The summed E-state index contributed by atoms with van der Waals surface area (Å²) in [6.45, 7) is 4.73. The Bertz CT molecular complexity index is 589. The van der Waals surface area contributed by atoms with E-state index in [2.05, 4.69) is 48.6 Å². The van der Waals surface area contributed by atoms with E-state index >= 15 is 0 Å². The van der Waals surface area contributed by atoms with Crippen LogP contribution in [0.15, 0.2) is 22.5 Å². The zero-order valence-electron chi connectivity index (χ0n) is 11.7. The first-order chi connectivity index (χ1) is 9.05. The monoisotopic (exact) mass is 292 g/mol. The third-order valence-corrected chi connectivity index (χ3v) is 5.89. The van der Waals surface area contributed by atoms with E-state index in [1.54, 1.807) is 23.1 Å². The van der Waals surface area contributed by atoms with Gasteiger partial charge in [-0.05, 0) is 49.1 Å². The van der Waals surface area contributed by atoms with Crippen molar-refractivity contribution in [3.8, 4) is 0 Å². The van der Waals surface area contributed by atoms with E-state index in [9.17, 15) is 0 Å². The summed E-state index contributed by atoms with van der Waals surface area (Å²) in [6.07, 6.45) is 5.95. The molecule has 19 heavy (non-hydrogen) atoms. The van der Waals surface area contributed by atoms with Gasteiger partial charge in [-0.3, -0.25) is 0 Å². The van der Waals surface area contributed by atoms with Crippen LogP contribution in [-0.2, 0) is 0 Å². The Morgan fingerprint density at radius 2 is 2.26 bits per heavy atom. The molecule has 1 heterocycles. The fourth-order valence-electron chi connectivity index (χ4n) is 2.88. The van der Waals surface area contributed by atoms with Gasteiger partial charge >= 0.3 is 0 Å². The smallest absolute Gasteiger partial charge is 0.150 e. The number of aromatic nitrogens is 1. The van der Waals surface area contributed by atoms with Gasteiger partial charge in [-0.2, -0.15) is 0 Å². The van der Waals surface area contributed by atoms with Gasteiger partial charge in [-0.1, -0.05) is 25.6 Å². The molecule has 1 atom stereocenters. The van der Waals surface area contributed by atoms with Crippen LogP contribution in [0.3, 0.4) is 0 Å². The van der Waals surface area contributed by atoms with Gasteiger partial charge in [0.2, 0.25) is 0 Å². The lowest BCUT2D eigenvalue weighted by Crippen LogP contribution is -2.17. The number of benzene rings is 1. The van der Waals surface area contributed by atoms with E-state index in [1.165, 1.54) is 29.6 Å². The van der Waals surface area contributed by atoms with Crippen molar-refractivity contribution in [2.45, 2.75) is 43.5 Å². The SMILES string of the molecule is CSc1nc2ccc(NC3CCC(C)(C)C3)cc2s1. The van der Waals surface area contributed by atoms with Crippen LogP contribution in [-0.4, -0.2) is 17.3 Å². The zero-order chi connectivity index (χ0) is 13.5. The van der Waals surface area contributed by atoms with E-state index in [0.29, 0.717) is 11.5 Å². The van der Waals surface area contributed by atoms with Crippen LogP contribution in [0, 0.1) is 5.41 Å². The number of nitrogens with one attached hydrogen (secondary N) is 1. The van der Waals surface area contributed by atoms with Gasteiger partial charge in [0.25, 0.3) is 0 Å². The lowest BCUT2D eigenvalue weighted by molar-refractivity contribution is 0.378. The summed E-state index contributed by atoms with van der Waals surface area (Å²) in [4.78, 5) is 4.58. The summed E-state index contributed by atoms with van der Waals surface area (Å²) in [5, 5.41) is 3.69. The maximum atomic E-state index is 4.58. The first kappa shape index (κ1) is 13.3. The molecule has 0 aliphatic heterocycles. The molecule has 2 nitrogen and oxygen atoms in total. The highest BCUT2D eigenvalue weighted by molar-refractivity contribution is 8.00. The molecule has 1 fully saturated rings. The molecule has 0 spiro atoms. The van der Waals surface area contributed by atoms with Gasteiger partial charge in [0, 0.05) is 11.7 Å². The van der Waals surface area contributed by atoms with Crippen LogP contribution >= 0.6 is 23.1 Å². The summed E-state index contributed by atoms with van der Waals surface area (Å²) in [6, 6.07) is 7.17. The molecule has 1 N–H and O–H groups in total. The number of thiazole rings is 1. The molecule has 0 radical (unpaired) electrons. The molecule has 1 aromatic carbocycles. The molecular weight excluding hydrogens is 272 g/mol. The first-order valence-electron chi connectivity index (χ1n) is 6.77. The highest BCUT2D eigenvalue weighted by Gasteiger charge is 2.30. The topological polar surface area (TPSA) is 24.9 Å². The Hall–Kier alpha value is -0.740. The Balaban J connectivity index is 1.78. The van der Waals surface area contributed by atoms with Crippen LogP contribution in [0.25, 0.3) is 10.2 Å². The van der Waals surface area contributed by atoms with Crippen molar-refractivity contribution < 1.29 is 0 Å².